The second kappa shape index (κ2) is 20.8. The molecule has 0 aromatic carbocycles. The number of hydrogen-bond donors (Lipinski definition) is 0. The second-order valence-corrected chi connectivity index (χ2v) is 12.4. The summed E-state index contributed by atoms with van der Waals surface area (Å²) in [6, 6.07) is 0. The molecule has 0 aromatic rings. The number of allylic oxidation sites excluding steroid dienone is 32. The van der Waals surface area contributed by atoms with Crippen LogP contribution in [0.1, 0.15) is 48.0 Å². The first-order valence-electron chi connectivity index (χ1n) is 15.5. The molecule has 45 heavy (non-hydrogen) atoms. The van der Waals surface area contributed by atoms with Gasteiger partial charge in [-0.1, -0.05) is 224 Å². The molecule has 0 heteroatoms. The van der Waals surface area contributed by atoms with Gasteiger partial charge < -0.3 is 0 Å². The summed E-state index contributed by atoms with van der Waals surface area (Å²) in [4.78, 5) is 0. The van der Waals surface area contributed by atoms with Crippen molar-refractivity contribution in [2.24, 2.45) is 10.8 Å². The Morgan fingerprint density at radius 3 is 0.933 bits per heavy atom. The Morgan fingerprint density at radius 2 is 0.622 bits per heavy atom. The lowest BCUT2D eigenvalue weighted by Gasteiger charge is -2.18. The first-order chi connectivity index (χ1) is 21.7. The first-order valence-corrected chi connectivity index (χ1v) is 15.5. The van der Waals surface area contributed by atoms with Gasteiger partial charge in [0.2, 0.25) is 0 Å². The summed E-state index contributed by atoms with van der Waals surface area (Å²) >= 11 is 0. The largest absolute Gasteiger partial charge is 0.0623 e. The highest BCUT2D eigenvalue weighted by Crippen LogP contribution is 2.25. The van der Waals surface area contributed by atoms with Crippen LogP contribution in [0, 0.1) is 34.5 Å². The lowest BCUT2D eigenvalue weighted by Crippen LogP contribution is -2.08. The predicted molar refractivity (Wildman–Crippen MR) is 201 cm³/mol. The highest BCUT2D eigenvalue weighted by Gasteiger charge is 2.15. The van der Waals surface area contributed by atoms with Crippen molar-refractivity contribution >= 4 is 0 Å². The third kappa shape index (κ3) is 17.6. The molecule has 0 nitrogen and oxygen atoms in total. The Hall–Kier alpha value is -5.04. The third-order valence-electron chi connectivity index (χ3n) is 6.36. The predicted octanol–water partition coefficient (Wildman–Crippen LogP) is 11.9. The van der Waals surface area contributed by atoms with Crippen molar-refractivity contribution in [1.29, 1.82) is 0 Å². The molecule has 228 valence electrons. The quantitative estimate of drug-likeness (QED) is 0.247. The molecule has 0 saturated carbocycles. The van der Waals surface area contributed by atoms with Crippen LogP contribution in [0.15, 0.2) is 192 Å². The van der Waals surface area contributed by atoms with Crippen LogP contribution in [0.4, 0.5) is 0 Å². The van der Waals surface area contributed by atoms with Gasteiger partial charge in [-0.25, -0.2) is 0 Å². The Morgan fingerprint density at radius 1 is 0.356 bits per heavy atom. The van der Waals surface area contributed by atoms with Gasteiger partial charge >= 0.3 is 0 Å². The van der Waals surface area contributed by atoms with Crippen LogP contribution in [0.2, 0.25) is 0 Å². The van der Waals surface area contributed by atoms with E-state index in [0.29, 0.717) is 0 Å². The molecular formula is C45H48. The summed E-state index contributed by atoms with van der Waals surface area (Å²) in [5.74, 6) is 12.7. The maximum Gasteiger partial charge on any atom is 0.00841 e. The SMILES string of the molecule is CC(C)(C)/C1=C/C=C/C=C/C=C/C=C/C=C/C=C\C2=CC=CC=C(/C=C/C=C/C=C/C=C/C=C/C=C(/C(C)(C)C)C#CC#C1)C2. The number of fused-ring (bicyclic) bond motifs is 2. The number of hydrogen-bond acceptors (Lipinski definition) is 0. The molecule has 0 N–H and O–H groups in total. The summed E-state index contributed by atoms with van der Waals surface area (Å²) in [7, 11) is 0. The van der Waals surface area contributed by atoms with Crippen LogP contribution in [0.3, 0.4) is 0 Å². The van der Waals surface area contributed by atoms with E-state index in [0.717, 1.165) is 17.6 Å². The van der Waals surface area contributed by atoms with Crippen LogP contribution >= 0.6 is 0 Å². The summed E-state index contributed by atoms with van der Waals surface area (Å²) < 4.78 is 0. The molecule has 0 radical (unpaired) electrons. The molecule has 0 heterocycles. The zero-order valence-corrected chi connectivity index (χ0v) is 27.9. The molecule has 0 unspecified atom stereocenters. The standard InChI is InChI=1S/C45H48/c1-44(2,3)42-35-25-21-17-13-9-7-8-11-15-19-23-31-40-33-27-28-34-41(39-40)32-24-20-16-12-10-14-18-22-26-36-43(45(4,5)6)38-30-29-37-42/h7-28,31-36H,39H2,1-6H3/b8-7?,9-7+,11-8+,12-10+,13-9?,14-10?,15-11?,16-12?,17-13+,18-14+,19-15+,20-16+,21-17?,22-18?,23-19?,24-20?,25-21+,26-22+,31-23-,32-24+,35-25?,36-26?,40-31?,41-32?,42-35+,43-36+. The lowest BCUT2D eigenvalue weighted by atomic mass is 9.86. The van der Waals surface area contributed by atoms with Gasteiger partial charge in [-0.15, -0.1) is 0 Å². The van der Waals surface area contributed by atoms with Gasteiger partial charge in [-0.2, -0.15) is 0 Å². The van der Waals surface area contributed by atoms with Gasteiger partial charge in [0.15, 0.2) is 0 Å². The average Bonchev–Trinajstić information content (AvgIpc) is 3.21. The smallest absolute Gasteiger partial charge is 0.00841 e. The zero-order chi connectivity index (χ0) is 32.6. The van der Waals surface area contributed by atoms with Crippen molar-refractivity contribution in [3.8, 4) is 23.7 Å². The van der Waals surface area contributed by atoms with Gasteiger partial charge in [0, 0.05) is 11.1 Å². The Balaban J connectivity index is 2.31. The maximum atomic E-state index is 3.28. The first kappa shape index (κ1) is 36.2. The highest BCUT2D eigenvalue weighted by atomic mass is 14.2. The molecule has 0 aliphatic heterocycles. The fraction of sp³-hybridized carbons (Fsp3) is 0.200. The van der Waals surface area contributed by atoms with Crippen molar-refractivity contribution in [1.82, 2.24) is 0 Å². The normalized spacial score (nSPS) is 27.1. The van der Waals surface area contributed by atoms with Gasteiger partial charge in [0.25, 0.3) is 0 Å². The molecule has 0 saturated heterocycles. The summed E-state index contributed by atoms with van der Waals surface area (Å²) in [5, 5.41) is 0. The molecule has 0 spiro atoms. The van der Waals surface area contributed by atoms with Crippen molar-refractivity contribution in [3.63, 3.8) is 0 Å². The fourth-order valence-corrected chi connectivity index (χ4v) is 3.78. The van der Waals surface area contributed by atoms with Crippen LogP contribution in [-0.4, -0.2) is 0 Å². The van der Waals surface area contributed by atoms with Crippen molar-refractivity contribution in [2.45, 2.75) is 48.0 Å². The van der Waals surface area contributed by atoms with E-state index in [4.69, 9.17) is 0 Å². The molecule has 2 aliphatic rings. The monoisotopic (exact) mass is 588 g/mol. The molecule has 0 amide bonds. The van der Waals surface area contributed by atoms with Crippen LogP contribution in [-0.2, 0) is 0 Å². The summed E-state index contributed by atoms with van der Waals surface area (Å²) in [6.07, 6.45) is 58.5. The second-order valence-electron chi connectivity index (χ2n) is 12.4. The average molecular weight is 589 g/mol. The zero-order valence-electron chi connectivity index (χ0n) is 27.9. The molecule has 2 rings (SSSR count). The lowest BCUT2D eigenvalue weighted by molar-refractivity contribution is 0.521. The Kier molecular flexibility index (Phi) is 16.7. The van der Waals surface area contributed by atoms with E-state index >= 15 is 0 Å². The van der Waals surface area contributed by atoms with Crippen molar-refractivity contribution < 1.29 is 0 Å². The highest BCUT2D eigenvalue weighted by molar-refractivity contribution is 5.46. The van der Waals surface area contributed by atoms with Crippen molar-refractivity contribution in [3.05, 3.63) is 192 Å². The summed E-state index contributed by atoms with van der Waals surface area (Å²) in [5.41, 5.74) is 4.46. The molecule has 0 fully saturated rings. The van der Waals surface area contributed by atoms with E-state index in [1.807, 2.05) is 97.2 Å². The molecular weight excluding hydrogens is 540 g/mol. The van der Waals surface area contributed by atoms with Gasteiger partial charge in [-0.3, -0.25) is 0 Å². The minimum absolute atomic E-state index is 0.0747. The van der Waals surface area contributed by atoms with E-state index in [9.17, 15) is 0 Å². The maximum absolute atomic E-state index is 3.28. The minimum atomic E-state index is -0.0759. The van der Waals surface area contributed by atoms with E-state index in [1.54, 1.807) is 0 Å². The van der Waals surface area contributed by atoms with Gasteiger partial charge in [0.05, 0.1) is 0 Å². The van der Waals surface area contributed by atoms with Crippen LogP contribution < -0.4 is 0 Å². The van der Waals surface area contributed by atoms with E-state index in [1.165, 1.54) is 11.1 Å². The van der Waals surface area contributed by atoms with Gasteiger partial charge in [-0.05, 0) is 40.2 Å². The fourth-order valence-electron chi connectivity index (χ4n) is 3.78. The third-order valence-corrected chi connectivity index (χ3v) is 6.36. The van der Waals surface area contributed by atoms with E-state index < -0.39 is 0 Å². The van der Waals surface area contributed by atoms with Crippen molar-refractivity contribution in [2.75, 3.05) is 0 Å². The van der Waals surface area contributed by atoms with E-state index in [-0.39, 0.29) is 10.8 Å². The molecule has 0 atom stereocenters. The minimum Gasteiger partial charge on any atom is -0.0623 e. The van der Waals surface area contributed by atoms with E-state index in [2.05, 4.69) is 138 Å². The summed E-state index contributed by atoms with van der Waals surface area (Å²) in [6.45, 7) is 13.0. The Labute approximate surface area is 274 Å². The number of rotatable bonds is 0. The topological polar surface area (TPSA) is 0 Å². The van der Waals surface area contributed by atoms with Gasteiger partial charge in [0.1, 0.15) is 0 Å². The molecule has 2 bridgehead atoms. The van der Waals surface area contributed by atoms with Crippen LogP contribution in [0.25, 0.3) is 0 Å². The molecule has 0 aromatic heterocycles. The Bertz CT molecular complexity index is 1590. The molecule has 2 aliphatic carbocycles. The van der Waals surface area contributed by atoms with Crippen LogP contribution in [0.5, 0.6) is 0 Å².